The van der Waals surface area contributed by atoms with Crippen LogP contribution in [0.15, 0.2) is 61.2 Å². The Kier molecular flexibility index (Phi) is 6.21. The van der Waals surface area contributed by atoms with Gasteiger partial charge in [-0.05, 0) is 48.9 Å². The molecular formula is C26H36N4+2. The first-order valence-corrected chi connectivity index (χ1v) is 11.5. The molecule has 0 atom stereocenters. The summed E-state index contributed by atoms with van der Waals surface area (Å²) in [7, 11) is 0. The molecule has 4 aromatic rings. The molecule has 0 saturated heterocycles. The van der Waals surface area contributed by atoms with Gasteiger partial charge in [-0.25, -0.2) is 18.3 Å². The lowest BCUT2D eigenvalue weighted by molar-refractivity contribution is -0.678. The van der Waals surface area contributed by atoms with Crippen molar-refractivity contribution in [2.24, 2.45) is 11.8 Å². The van der Waals surface area contributed by atoms with Crippen LogP contribution in [0.2, 0.25) is 0 Å². The van der Waals surface area contributed by atoms with E-state index in [1.165, 1.54) is 34.9 Å². The lowest BCUT2D eigenvalue weighted by Crippen LogP contribution is -2.35. The zero-order valence-corrected chi connectivity index (χ0v) is 19.0. The fraction of sp³-hybridized carbons (Fsp3) is 0.462. The number of aromatic nitrogens is 4. The van der Waals surface area contributed by atoms with E-state index < -0.39 is 0 Å². The van der Waals surface area contributed by atoms with Crippen LogP contribution in [0.25, 0.3) is 22.1 Å². The minimum atomic E-state index is 0.647. The van der Waals surface area contributed by atoms with Crippen molar-refractivity contribution in [1.29, 1.82) is 0 Å². The van der Waals surface area contributed by atoms with E-state index in [2.05, 4.69) is 107 Å². The summed E-state index contributed by atoms with van der Waals surface area (Å²) in [6.07, 6.45) is 6.98. The molecule has 4 rings (SSSR count). The van der Waals surface area contributed by atoms with E-state index in [9.17, 15) is 0 Å². The highest BCUT2D eigenvalue weighted by Crippen LogP contribution is 2.15. The van der Waals surface area contributed by atoms with E-state index in [1.807, 2.05) is 0 Å². The standard InChI is InChI=1S/C26H36N4/c1-21(2)17-29-19-27(23-11-5-7-13-25(23)29)15-9-10-16-28-20-30(18-22(3)4)26-14-8-6-12-24(26)28/h5-8,11-14,19-22H,9-10,15-18H2,1-4H3/q+2. The van der Waals surface area contributed by atoms with Gasteiger partial charge in [-0.1, -0.05) is 52.0 Å². The maximum atomic E-state index is 2.43. The zero-order valence-electron chi connectivity index (χ0n) is 19.0. The summed E-state index contributed by atoms with van der Waals surface area (Å²) in [5.41, 5.74) is 5.38. The normalized spacial score (nSPS) is 12.1. The molecule has 2 aromatic heterocycles. The first-order chi connectivity index (χ1) is 14.5. The number of benzene rings is 2. The van der Waals surface area contributed by atoms with Crippen LogP contribution in [-0.2, 0) is 26.2 Å². The third kappa shape index (κ3) is 4.43. The molecule has 4 heteroatoms. The van der Waals surface area contributed by atoms with Crippen molar-refractivity contribution in [2.75, 3.05) is 0 Å². The van der Waals surface area contributed by atoms with Crippen molar-refractivity contribution in [1.82, 2.24) is 9.13 Å². The Morgan fingerprint density at radius 1 is 0.633 bits per heavy atom. The van der Waals surface area contributed by atoms with E-state index in [-0.39, 0.29) is 0 Å². The number of rotatable bonds is 9. The Balaban J connectivity index is 1.45. The first-order valence-electron chi connectivity index (χ1n) is 11.5. The number of unbranched alkanes of at least 4 members (excludes halogenated alkanes) is 1. The second kappa shape index (κ2) is 9.03. The molecule has 0 amide bonds. The van der Waals surface area contributed by atoms with Gasteiger partial charge in [0.1, 0.15) is 0 Å². The highest BCUT2D eigenvalue weighted by molar-refractivity contribution is 5.72. The molecule has 0 spiro atoms. The van der Waals surface area contributed by atoms with Crippen molar-refractivity contribution in [3.05, 3.63) is 61.2 Å². The number of nitrogens with zero attached hydrogens (tertiary/aromatic N) is 4. The van der Waals surface area contributed by atoms with Crippen molar-refractivity contribution in [3.63, 3.8) is 0 Å². The van der Waals surface area contributed by atoms with E-state index in [0.717, 1.165) is 26.2 Å². The smallest absolute Gasteiger partial charge is 0.230 e. The molecule has 0 aliphatic rings. The molecule has 0 fully saturated rings. The summed E-state index contributed by atoms with van der Waals surface area (Å²) >= 11 is 0. The quantitative estimate of drug-likeness (QED) is 0.277. The van der Waals surface area contributed by atoms with E-state index in [1.54, 1.807) is 0 Å². The van der Waals surface area contributed by atoms with Crippen molar-refractivity contribution in [3.8, 4) is 0 Å². The Morgan fingerprint density at radius 3 is 1.43 bits per heavy atom. The molecule has 0 aliphatic heterocycles. The van der Waals surface area contributed by atoms with Crippen LogP contribution in [0.1, 0.15) is 40.5 Å². The maximum absolute atomic E-state index is 2.43. The molecule has 0 radical (unpaired) electrons. The molecule has 0 saturated carbocycles. The zero-order chi connectivity index (χ0) is 21.1. The van der Waals surface area contributed by atoms with Crippen LogP contribution in [0.5, 0.6) is 0 Å². The van der Waals surface area contributed by atoms with Crippen LogP contribution in [0, 0.1) is 11.8 Å². The maximum Gasteiger partial charge on any atom is 0.244 e. The second-order valence-corrected chi connectivity index (χ2v) is 9.39. The molecule has 158 valence electrons. The fourth-order valence-corrected chi connectivity index (χ4v) is 4.48. The molecule has 0 aliphatic carbocycles. The topological polar surface area (TPSA) is 17.6 Å². The molecular weight excluding hydrogens is 368 g/mol. The van der Waals surface area contributed by atoms with Crippen LogP contribution in [0.4, 0.5) is 0 Å². The molecule has 0 N–H and O–H groups in total. The van der Waals surface area contributed by atoms with Gasteiger partial charge in [-0.3, -0.25) is 0 Å². The molecule has 0 unspecified atom stereocenters. The van der Waals surface area contributed by atoms with Crippen molar-refractivity contribution >= 4 is 22.1 Å². The van der Waals surface area contributed by atoms with Crippen LogP contribution in [0.3, 0.4) is 0 Å². The highest BCUT2D eigenvalue weighted by atomic mass is 15.1. The van der Waals surface area contributed by atoms with Gasteiger partial charge < -0.3 is 0 Å². The minimum absolute atomic E-state index is 0.647. The summed E-state index contributed by atoms with van der Waals surface area (Å²) in [6.45, 7) is 13.4. The van der Waals surface area contributed by atoms with E-state index >= 15 is 0 Å². The van der Waals surface area contributed by atoms with Gasteiger partial charge in [-0.2, -0.15) is 0 Å². The lowest BCUT2D eigenvalue weighted by atomic mass is 10.2. The lowest BCUT2D eigenvalue weighted by Gasteiger charge is -2.00. The Bertz CT molecular complexity index is 1030. The summed E-state index contributed by atoms with van der Waals surface area (Å²) in [5.74, 6) is 1.29. The van der Waals surface area contributed by atoms with Gasteiger partial charge in [-0.15, -0.1) is 0 Å². The summed E-state index contributed by atoms with van der Waals surface area (Å²) in [4.78, 5) is 0. The van der Waals surface area contributed by atoms with Gasteiger partial charge in [0.15, 0.2) is 22.1 Å². The number of hydrogen-bond acceptors (Lipinski definition) is 0. The Morgan fingerprint density at radius 2 is 1.03 bits per heavy atom. The average molecular weight is 405 g/mol. The fourth-order valence-electron chi connectivity index (χ4n) is 4.48. The molecule has 4 nitrogen and oxygen atoms in total. The summed E-state index contributed by atoms with van der Waals surface area (Å²) in [6, 6.07) is 17.6. The Labute approximate surface area is 180 Å². The van der Waals surface area contributed by atoms with Gasteiger partial charge in [0.05, 0.1) is 26.2 Å². The molecule has 0 bridgehead atoms. The summed E-state index contributed by atoms with van der Waals surface area (Å²) in [5, 5.41) is 0. The summed E-state index contributed by atoms with van der Waals surface area (Å²) < 4.78 is 9.69. The number of hydrogen-bond donors (Lipinski definition) is 0. The van der Waals surface area contributed by atoms with Gasteiger partial charge in [0, 0.05) is 0 Å². The largest absolute Gasteiger partial charge is 0.244 e. The predicted octanol–water partition coefficient (Wildman–Crippen LogP) is 4.96. The van der Waals surface area contributed by atoms with E-state index in [4.69, 9.17) is 0 Å². The third-order valence-electron chi connectivity index (χ3n) is 5.73. The minimum Gasteiger partial charge on any atom is -0.230 e. The molecule has 30 heavy (non-hydrogen) atoms. The van der Waals surface area contributed by atoms with Gasteiger partial charge >= 0.3 is 0 Å². The molecule has 2 aromatic carbocycles. The SMILES string of the molecule is CC(C)C[n+]1cn(CCCCn2c[n+](CC(C)C)c3ccccc32)c2ccccc21. The van der Waals surface area contributed by atoms with E-state index in [0.29, 0.717) is 11.8 Å². The Hall–Kier alpha value is -2.62. The number of para-hydroxylation sites is 4. The molecule has 2 heterocycles. The van der Waals surface area contributed by atoms with Crippen molar-refractivity contribution in [2.45, 2.75) is 66.7 Å². The average Bonchev–Trinajstić information content (AvgIpc) is 3.23. The number of aryl methyl sites for hydroxylation is 2. The monoisotopic (exact) mass is 404 g/mol. The number of imidazole rings is 2. The first kappa shape index (κ1) is 20.6. The third-order valence-corrected chi connectivity index (χ3v) is 5.73. The highest BCUT2D eigenvalue weighted by Gasteiger charge is 2.17. The van der Waals surface area contributed by atoms with Crippen molar-refractivity contribution < 1.29 is 9.13 Å². The second-order valence-electron chi connectivity index (χ2n) is 9.39. The van der Waals surface area contributed by atoms with Gasteiger partial charge in [0.2, 0.25) is 12.7 Å². The predicted molar refractivity (Wildman–Crippen MR) is 123 cm³/mol. The van der Waals surface area contributed by atoms with Gasteiger partial charge in [0.25, 0.3) is 0 Å². The van der Waals surface area contributed by atoms with Crippen LogP contribution < -0.4 is 9.13 Å². The number of fused-ring (bicyclic) bond motifs is 2. The van der Waals surface area contributed by atoms with Crippen LogP contribution in [-0.4, -0.2) is 9.13 Å². The van der Waals surface area contributed by atoms with Crippen LogP contribution >= 0.6 is 0 Å².